The number of aliphatic hydroxyl groups is 1. The van der Waals surface area contributed by atoms with Crippen LogP contribution in [-0.4, -0.2) is 16.6 Å². The van der Waals surface area contributed by atoms with E-state index in [4.69, 9.17) is 0 Å². The molecule has 1 aliphatic heterocycles. The van der Waals surface area contributed by atoms with Gasteiger partial charge in [-0.1, -0.05) is 28.9 Å². The van der Waals surface area contributed by atoms with Gasteiger partial charge in [-0.25, -0.2) is 0 Å². The van der Waals surface area contributed by atoms with Gasteiger partial charge in [0.1, 0.15) is 5.60 Å². The Labute approximate surface area is 103 Å². The van der Waals surface area contributed by atoms with Crippen molar-refractivity contribution in [2.24, 2.45) is 5.92 Å². The van der Waals surface area contributed by atoms with E-state index in [1.54, 1.807) is 0 Å². The Morgan fingerprint density at radius 1 is 1.53 bits per heavy atom. The van der Waals surface area contributed by atoms with Crippen molar-refractivity contribution in [2.75, 3.05) is 11.5 Å². The maximum Gasteiger partial charge on any atom is 0.102 e. The molecule has 3 heteroatoms. The van der Waals surface area contributed by atoms with Gasteiger partial charge in [0.15, 0.2) is 0 Å². The van der Waals surface area contributed by atoms with E-state index in [0.717, 1.165) is 21.5 Å². The van der Waals surface area contributed by atoms with E-state index in [9.17, 15) is 5.11 Å². The van der Waals surface area contributed by atoms with E-state index in [2.05, 4.69) is 35.8 Å². The number of aryl methyl sites for hydroxylation is 1. The number of thioether (sulfide) groups is 1. The summed E-state index contributed by atoms with van der Waals surface area (Å²) in [5.74, 6) is 2.20. The van der Waals surface area contributed by atoms with Gasteiger partial charge in [-0.15, -0.1) is 0 Å². The van der Waals surface area contributed by atoms with Crippen LogP contribution in [0, 0.1) is 12.8 Å². The molecule has 1 saturated heterocycles. The van der Waals surface area contributed by atoms with Crippen molar-refractivity contribution in [3.8, 4) is 0 Å². The van der Waals surface area contributed by atoms with Crippen LogP contribution in [0.15, 0.2) is 22.7 Å². The van der Waals surface area contributed by atoms with E-state index in [-0.39, 0.29) is 0 Å². The van der Waals surface area contributed by atoms with Gasteiger partial charge < -0.3 is 5.11 Å². The predicted molar refractivity (Wildman–Crippen MR) is 69.3 cm³/mol. The molecule has 1 aromatic carbocycles. The first-order chi connectivity index (χ1) is 7.04. The van der Waals surface area contributed by atoms with E-state index < -0.39 is 5.60 Å². The van der Waals surface area contributed by atoms with Crippen LogP contribution in [0.2, 0.25) is 0 Å². The van der Waals surface area contributed by atoms with Gasteiger partial charge in [0.25, 0.3) is 0 Å². The molecule has 1 heterocycles. The molecule has 0 spiro atoms. The molecule has 2 rings (SSSR count). The lowest BCUT2D eigenvalue weighted by Gasteiger charge is -2.29. The Balaban J connectivity index is 2.44. The molecule has 0 bridgehead atoms. The minimum absolute atomic E-state index is 0.336. The van der Waals surface area contributed by atoms with Crippen molar-refractivity contribution in [3.05, 3.63) is 33.8 Å². The lowest BCUT2D eigenvalue weighted by Crippen LogP contribution is -2.33. The van der Waals surface area contributed by atoms with Crippen molar-refractivity contribution in [3.63, 3.8) is 0 Å². The van der Waals surface area contributed by atoms with Crippen molar-refractivity contribution in [1.29, 1.82) is 0 Å². The number of rotatable bonds is 1. The molecule has 1 fully saturated rings. The molecule has 82 valence electrons. The molecule has 1 aromatic rings. The summed E-state index contributed by atoms with van der Waals surface area (Å²) < 4.78 is 1.07. The van der Waals surface area contributed by atoms with E-state index in [1.807, 2.05) is 23.9 Å². The van der Waals surface area contributed by atoms with E-state index in [1.165, 1.54) is 5.56 Å². The van der Waals surface area contributed by atoms with Gasteiger partial charge >= 0.3 is 0 Å². The fraction of sp³-hybridized carbons (Fsp3) is 0.500. The molecule has 1 nitrogen and oxygen atoms in total. The van der Waals surface area contributed by atoms with Crippen molar-refractivity contribution >= 4 is 27.7 Å². The molecule has 15 heavy (non-hydrogen) atoms. The quantitative estimate of drug-likeness (QED) is 0.855. The highest BCUT2D eigenvalue weighted by atomic mass is 79.9. The van der Waals surface area contributed by atoms with Gasteiger partial charge in [-0.3, -0.25) is 0 Å². The monoisotopic (exact) mass is 286 g/mol. The Morgan fingerprint density at radius 2 is 2.27 bits per heavy atom. The van der Waals surface area contributed by atoms with Crippen molar-refractivity contribution < 1.29 is 5.11 Å². The highest BCUT2D eigenvalue weighted by Crippen LogP contribution is 2.42. The summed E-state index contributed by atoms with van der Waals surface area (Å²) in [6, 6.07) is 6.13. The second-order valence-corrected chi connectivity index (χ2v) is 6.25. The Morgan fingerprint density at radius 3 is 2.80 bits per heavy atom. The molecule has 0 saturated carbocycles. The number of halogens is 1. The van der Waals surface area contributed by atoms with Gasteiger partial charge in [-0.05, 0) is 41.9 Å². The van der Waals surface area contributed by atoms with Crippen molar-refractivity contribution in [2.45, 2.75) is 19.4 Å². The normalized spacial score (nSPS) is 30.8. The maximum absolute atomic E-state index is 10.7. The summed E-state index contributed by atoms with van der Waals surface area (Å²) in [7, 11) is 0. The van der Waals surface area contributed by atoms with Crippen LogP contribution in [0.1, 0.15) is 18.1 Å². The Hall–Kier alpha value is 0.01000. The fourth-order valence-corrected chi connectivity index (χ4v) is 4.10. The number of hydrogen-bond acceptors (Lipinski definition) is 2. The van der Waals surface area contributed by atoms with Crippen LogP contribution in [0.4, 0.5) is 0 Å². The van der Waals surface area contributed by atoms with Crippen LogP contribution in [0.5, 0.6) is 0 Å². The summed E-state index contributed by atoms with van der Waals surface area (Å²) in [6.07, 6.45) is 0. The molecular weight excluding hydrogens is 272 g/mol. The standard InChI is InChI=1S/C12H15BrOS/c1-8-5-10(13)3-4-11(8)12(14)7-15-6-9(12)2/h3-5,9,14H,6-7H2,1-2H3/t9-,12-/m0/s1. The smallest absolute Gasteiger partial charge is 0.102 e. The first-order valence-electron chi connectivity index (χ1n) is 5.11. The SMILES string of the molecule is Cc1cc(Br)ccc1[C@]1(O)CSC[C@@H]1C. The molecule has 0 radical (unpaired) electrons. The topological polar surface area (TPSA) is 20.2 Å². The number of benzene rings is 1. The first kappa shape index (κ1) is 11.5. The lowest BCUT2D eigenvalue weighted by molar-refractivity contribution is 0.0228. The van der Waals surface area contributed by atoms with Crippen LogP contribution >= 0.6 is 27.7 Å². The average Bonchev–Trinajstić information content (AvgIpc) is 2.47. The highest BCUT2D eigenvalue weighted by molar-refractivity contribution is 9.10. The average molecular weight is 287 g/mol. The Kier molecular flexibility index (Phi) is 3.15. The van der Waals surface area contributed by atoms with Crippen LogP contribution < -0.4 is 0 Å². The van der Waals surface area contributed by atoms with Crippen LogP contribution in [0.25, 0.3) is 0 Å². The number of hydrogen-bond donors (Lipinski definition) is 1. The third-order valence-electron chi connectivity index (χ3n) is 3.16. The molecule has 0 amide bonds. The maximum atomic E-state index is 10.7. The molecular formula is C12H15BrOS. The molecule has 2 atom stereocenters. The zero-order valence-corrected chi connectivity index (χ0v) is 11.4. The van der Waals surface area contributed by atoms with Gasteiger partial charge in [0.05, 0.1) is 0 Å². The lowest BCUT2D eigenvalue weighted by atomic mass is 9.83. The highest BCUT2D eigenvalue weighted by Gasteiger charge is 2.41. The fourth-order valence-electron chi connectivity index (χ4n) is 2.13. The summed E-state index contributed by atoms with van der Waals surface area (Å²) >= 11 is 5.29. The molecule has 1 aliphatic rings. The zero-order chi connectivity index (χ0) is 11.1. The van der Waals surface area contributed by atoms with Gasteiger partial charge in [0, 0.05) is 10.2 Å². The predicted octanol–water partition coefficient (Wildman–Crippen LogP) is 3.33. The minimum atomic E-state index is -0.630. The van der Waals surface area contributed by atoms with Crippen molar-refractivity contribution in [1.82, 2.24) is 0 Å². The third-order valence-corrected chi connectivity index (χ3v) is 5.03. The Bertz CT molecular complexity index is 380. The van der Waals surface area contributed by atoms with Crippen LogP contribution in [0.3, 0.4) is 0 Å². The summed E-state index contributed by atoms with van der Waals surface area (Å²) in [5.41, 5.74) is 1.62. The molecule has 0 aromatic heterocycles. The third kappa shape index (κ3) is 1.97. The minimum Gasteiger partial charge on any atom is -0.384 e. The summed E-state index contributed by atoms with van der Waals surface area (Å²) in [5, 5.41) is 10.7. The first-order valence-corrected chi connectivity index (χ1v) is 7.05. The van der Waals surface area contributed by atoms with E-state index >= 15 is 0 Å². The second kappa shape index (κ2) is 4.11. The van der Waals surface area contributed by atoms with Crippen LogP contribution in [-0.2, 0) is 5.60 Å². The summed E-state index contributed by atoms with van der Waals surface area (Å²) in [6.45, 7) is 4.19. The second-order valence-electron chi connectivity index (χ2n) is 4.30. The molecule has 0 unspecified atom stereocenters. The molecule has 0 aliphatic carbocycles. The largest absolute Gasteiger partial charge is 0.384 e. The zero-order valence-electron chi connectivity index (χ0n) is 8.96. The van der Waals surface area contributed by atoms with E-state index in [0.29, 0.717) is 5.92 Å². The molecule has 1 N–H and O–H groups in total. The summed E-state index contributed by atoms with van der Waals surface area (Å²) in [4.78, 5) is 0. The van der Waals surface area contributed by atoms with Gasteiger partial charge in [-0.2, -0.15) is 11.8 Å². The van der Waals surface area contributed by atoms with Gasteiger partial charge in [0.2, 0.25) is 0 Å².